The Kier molecular flexibility index (Phi) is 1.94. The summed E-state index contributed by atoms with van der Waals surface area (Å²) in [4.78, 5) is 10.6. The molecule has 3 heteroatoms. The van der Waals surface area contributed by atoms with Crippen molar-refractivity contribution in [2.75, 3.05) is 6.61 Å². The minimum absolute atomic E-state index is 0.113. The molecule has 0 unspecified atom stereocenters. The van der Waals surface area contributed by atoms with Gasteiger partial charge in [-0.2, -0.15) is 0 Å². The Morgan fingerprint density at radius 1 is 1.50 bits per heavy atom. The van der Waals surface area contributed by atoms with Crippen molar-refractivity contribution in [3.8, 4) is 0 Å². The molecule has 0 saturated carbocycles. The lowest BCUT2D eigenvalue weighted by atomic mass is 10.1. The molecule has 1 saturated heterocycles. The maximum absolute atomic E-state index is 10.6. The van der Waals surface area contributed by atoms with Gasteiger partial charge in [-0.1, -0.05) is 13.8 Å². The van der Waals surface area contributed by atoms with Crippen molar-refractivity contribution >= 4 is 5.97 Å². The van der Waals surface area contributed by atoms with Gasteiger partial charge in [0.25, 0.3) is 0 Å². The van der Waals surface area contributed by atoms with Crippen LogP contribution in [0.4, 0.5) is 0 Å². The van der Waals surface area contributed by atoms with E-state index in [1.165, 1.54) is 0 Å². The Morgan fingerprint density at radius 2 is 2.10 bits per heavy atom. The minimum Gasteiger partial charge on any atom is -0.431 e. The van der Waals surface area contributed by atoms with Crippen molar-refractivity contribution in [2.45, 2.75) is 32.5 Å². The molecule has 1 rings (SSSR count). The van der Waals surface area contributed by atoms with E-state index in [2.05, 4.69) is 0 Å². The molecule has 1 fully saturated rings. The van der Waals surface area contributed by atoms with Crippen LogP contribution in [-0.2, 0) is 14.3 Å². The summed E-state index contributed by atoms with van der Waals surface area (Å²) in [6.07, 6.45) is 1.46. The standard InChI is InChI=1S/C7H12O3/c1-3-7(4-2)9-5-6(8)10-7/h3-5H2,1-2H3. The monoisotopic (exact) mass is 144 g/mol. The lowest BCUT2D eigenvalue weighted by Gasteiger charge is -2.22. The van der Waals surface area contributed by atoms with Gasteiger partial charge in [-0.15, -0.1) is 0 Å². The summed E-state index contributed by atoms with van der Waals surface area (Å²) in [6.45, 7) is 4.01. The molecule has 0 N–H and O–H groups in total. The molecule has 0 aromatic heterocycles. The first-order valence-corrected chi connectivity index (χ1v) is 3.58. The largest absolute Gasteiger partial charge is 0.431 e. The number of ether oxygens (including phenoxy) is 2. The summed E-state index contributed by atoms with van der Waals surface area (Å²) in [5, 5.41) is 0. The normalized spacial score (nSPS) is 22.8. The Hall–Kier alpha value is -0.570. The van der Waals surface area contributed by atoms with E-state index >= 15 is 0 Å². The number of esters is 1. The van der Waals surface area contributed by atoms with E-state index in [0.717, 1.165) is 12.8 Å². The molecule has 1 aliphatic rings. The maximum Gasteiger partial charge on any atom is 0.334 e. The zero-order valence-corrected chi connectivity index (χ0v) is 6.35. The lowest BCUT2D eigenvalue weighted by Crippen LogP contribution is -2.28. The van der Waals surface area contributed by atoms with Crippen LogP contribution in [-0.4, -0.2) is 18.4 Å². The van der Waals surface area contributed by atoms with Gasteiger partial charge in [0.05, 0.1) is 0 Å². The first-order chi connectivity index (χ1) is 4.72. The molecule has 0 aliphatic carbocycles. The summed E-state index contributed by atoms with van der Waals surface area (Å²) in [5.74, 6) is -0.847. The second kappa shape index (κ2) is 2.58. The van der Waals surface area contributed by atoms with Crippen LogP contribution in [0.3, 0.4) is 0 Å². The number of carbonyl (C=O) groups excluding carboxylic acids is 1. The Bertz CT molecular complexity index is 138. The third-order valence-electron chi connectivity index (χ3n) is 1.83. The molecular formula is C7H12O3. The summed E-state index contributed by atoms with van der Waals surface area (Å²) < 4.78 is 10.2. The summed E-state index contributed by atoms with van der Waals surface area (Å²) in [6, 6.07) is 0. The van der Waals surface area contributed by atoms with Gasteiger partial charge in [0.2, 0.25) is 5.79 Å². The molecule has 0 amide bonds. The molecule has 1 heterocycles. The fourth-order valence-electron chi connectivity index (χ4n) is 1.06. The van der Waals surface area contributed by atoms with E-state index in [0.29, 0.717) is 0 Å². The number of rotatable bonds is 2. The summed E-state index contributed by atoms with van der Waals surface area (Å²) in [7, 11) is 0. The smallest absolute Gasteiger partial charge is 0.334 e. The fraction of sp³-hybridized carbons (Fsp3) is 0.857. The average Bonchev–Trinajstić information content (AvgIpc) is 2.33. The SMILES string of the molecule is CCC1(CC)OCC(=O)O1. The third kappa shape index (κ3) is 1.14. The highest BCUT2D eigenvalue weighted by Gasteiger charge is 2.37. The van der Waals surface area contributed by atoms with Crippen LogP contribution in [0.5, 0.6) is 0 Å². The number of hydrogen-bond acceptors (Lipinski definition) is 3. The summed E-state index contributed by atoms with van der Waals surface area (Å²) >= 11 is 0. The van der Waals surface area contributed by atoms with Gasteiger partial charge in [-0.05, 0) is 0 Å². The number of hydrogen-bond donors (Lipinski definition) is 0. The number of carbonyl (C=O) groups is 1. The van der Waals surface area contributed by atoms with Gasteiger partial charge in [0, 0.05) is 12.8 Å². The Labute approximate surface area is 60.3 Å². The molecule has 0 aromatic rings. The van der Waals surface area contributed by atoms with Gasteiger partial charge >= 0.3 is 5.97 Å². The van der Waals surface area contributed by atoms with E-state index < -0.39 is 5.79 Å². The number of cyclic esters (lactones) is 1. The maximum atomic E-state index is 10.6. The van der Waals surface area contributed by atoms with E-state index in [1.54, 1.807) is 0 Å². The van der Waals surface area contributed by atoms with Crippen molar-refractivity contribution in [2.24, 2.45) is 0 Å². The van der Waals surface area contributed by atoms with Crippen LogP contribution in [0.2, 0.25) is 0 Å². The molecule has 0 spiro atoms. The first-order valence-electron chi connectivity index (χ1n) is 3.58. The Morgan fingerprint density at radius 3 is 2.30 bits per heavy atom. The molecule has 3 nitrogen and oxygen atoms in total. The van der Waals surface area contributed by atoms with Crippen LogP contribution < -0.4 is 0 Å². The van der Waals surface area contributed by atoms with E-state index in [-0.39, 0.29) is 12.6 Å². The molecule has 0 aromatic carbocycles. The van der Waals surface area contributed by atoms with E-state index in [4.69, 9.17) is 9.47 Å². The second-order valence-electron chi connectivity index (χ2n) is 2.38. The van der Waals surface area contributed by atoms with Crippen molar-refractivity contribution in [3.63, 3.8) is 0 Å². The molecule has 0 bridgehead atoms. The molecule has 0 radical (unpaired) electrons. The van der Waals surface area contributed by atoms with Crippen LogP contribution in [0.15, 0.2) is 0 Å². The molecule has 58 valence electrons. The predicted octanol–water partition coefficient (Wildman–Crippen LogP) is 1.08. The highest BCUT2D eigenvalue weighted by molar-refractivity contribution is 5.72. The molecule has 0 atom stereocenters. The highest BCUT2D eigenvalue weighted by Crippen LogP contribution is 2.26. The van der Waals surface area contributed by atoms with Gasteiger partial charge in [-0.3, -0.25) is 0 Å². The topological polar surface area (TPSA) is 35.5 Å². The van der Waals surface area contributed by atoms with Crippen LogP contribution >= 0.6 is 0 Å². The minimum atomic E-state index is -0.600. The highest BCUT2D eigenvalue weighted by atomic mass is 16.8. The quantitative estimate of drug-likeness (QED) is 0.544. The van der Waals surface area contributed by atoms with Crippen molar-refractivity contribution in [1.29, 1.82) is 0 Å². The molecule has 10 heavy (non-hydrogen) atoms. The summed E-state index contributed by atoms with van der Waals surface area (Å²) in [5.41, 5.74) is 0. The fourth-order valence-corrected chi connectivity index (χ4v) is 1.06. The zero-order chi connectivity index (χ0) is 7.61. The van der Waals surface area contributed by atoms with Gasteiger partial charge < -0.3 is 9.47 Å². The predicted molar refractivity (Wildman–Crippen MR) is 35.4 cm³/mol. The molecule has 1 aliphatic heterocycles. The molecular weight excluding hydrogens is 132 g/mol. The lowest BCUT2D eigenvalue weighted by molar-refractivity contribution is -0.175. The van der Waals surface area contributed by atoms with Crippen molar-refractivity contribution < 1.29 is 14.3 Å². The van der Waals surface area contributed by atoms with Crippen molar-refractivity contribution in [3.05, 3.63) is 0 Å². The van der Waals surface area contributed by atoms with Gasteiger partial charge in [0.15, 0.2) is 0 Å². The van der Waals surface area contributed by atoms with E-state index in [9.17, 15) is 4.79 Å². The third-order valence-corrected chi connectivity index (χ3v) is 1.83. The van der Waals surface area contributed by atoms with Crippen LogP contribution in [0.1, 0.15) is 26.7 Å². The average molecular weight is 144 g/mol. The van der Waals surface area contributed by atoms with E-state index in [1.807, 2.05) is 13.8 Å². The van der Waals surface area contributed by atoms with Gasteiger partial charge in [-0.25, -0.2) is 4.79 Å². The second-order valence-corrected chi connectivity index (χ2v) is 2.38. The first kappa shape index (κ1) is 7.54. The van der Waals surface area contributed by atoms with Gasteiger partial charge in [0.1, 0.15) is 6.61 Å². The van der Waals surface area contributed by atoms with Crippen LogP contribution in [0, 0.1) is 0 Å². The Balaban J connectivity index is 2.59. The van der Waals surface area contributed by atoms with Crippen LogP contribution in [0.25, 0.3) is 0 Å². The zero-order valence-electron chi connectivity index (χ0n) is 6.35. The van der Waals surface area contributed by atoms with Crippen molar-refractivity contribution in [1.82, 2.24) is 0 Å².